The largest absolute Gasteiger partial charge is 0.491 e. The molecule has 0 radical (unpaired) electrons. The van der Waals surface area contributed by atoms with Crippen LogP contribution in [-0.2, 0) is 16.1 Å². The van der Waals surface area contributed by atoms with Gasteiger partial charge in [0.2, 0.25) is 0 Å². The van der Waals surface area contributed by atoms with E-state index >= 15 is 0 Å². The highest BCUT2D eigenvalue weighted by atomic mass is 16.5. The highest BCUT2D eigenvalue weighted by Gasteiger charge is 2.19. The van der Waals surface area contributed by atoms with Crippen LogP contribution in [0.15, 0.2) is 94.1 Å². The van der Waals surface area contributed by atoms with Crippen LogP contribution in [0.5, 0.6) is 5.75 Å². The van der Waals surface area contributed by atoms with Crippen molar-refractivity contribution in [3.8, 4) is 17.1 Å². The molecule has 4 aromatic rings. The Morgan fingerprint density at radius 1 is 1.00 bits per heavy atom. The van der Waals surface area contributed by atoms with E-state index in [9.17, 15) is 14.7 Å². The molecule has 0 bridgehead atoms. The number of fused-ring (bicyclic) bond motifs is 1. The Balaban J connectivity index is 1.31. The van der Waals surface area contributed by atoms with E-state index in [0.717, 1.165) is 11.1 Å². The van der Waals surface area contributed by atoms with E-state index < -0.39 is 12.1 Å². The number of ether oxygens (including phenoxy) is 2. The number of rotatable bonds is 11. The molecule has 0 aliphatic rings. The van der Waals surface area contributed by atoms with Gasteiger partial charge in [0, 0.05) is 24.2 Å². The molecular formula is C29H29NO6. The molecule has 1 heterocycles. The van der Waals surface area contributed by atoms with Crippen molar-refractivity contribution in [3.63, 3.8) is 0 Å². The van der Waals surface area contributed by atoms with Gasteiger partial charge < -0.3 is 24.3 Å². The summed E-state index contributed by atoms with van der Waals surface area (Å²) in [6, 6.07) is 24.7. The van der Waals surface area contributed by atoms with Crippen molar-refractivity contribution in [2.75, 3.05) is 13.2 Å². The molecule has 0 saturated heterocycles. The SMILES string of the molecule is CCC(NCC(O)COc1ccc2c(=O)cc(-c3ccccc3)oc2c1)C(=O)OCc1ccccc1. The molecule has 36 heavy (non-hydrogen) atoms. The molecule has 186 valence electrons. The predicted molar refractivity (Wildman–Crippen MR) is 138 cm³/mol. The molecule has 3 aromatic carbocycles. The number of aliphatic hydroxyl groups is 1. The minimum absolute atomic E-state index is 0.00336. The fraction of sp³-hybridized carbons (Fsp3) is 0.241. The van der Waals surface area contributed by atoms with E-state index in [1.807, 2.05) is 67.6 Å². The number of nitrogens with one attached hydrogen (secondary N) is 1. The predicted octanol–water partition coefficient (Wildman–Crippen LogP) is 4.31. The zero-order chi connectivity index (χ0) is 25.3. The van der Waals surface area contributed by atoms with Crippen molar-refractivity contribution in [3.05, 3.63) is 101 Å². The van der Waals surface area contributed by atoms with Gasteiger partial charge in [-0.3, -0.25) is 9.59 Å². The third-order valence-electron chi connectivity index (χ3n) is 5.72. The first-order chi connectivity index (χ1) is 17.5. The van der Waals surface area contributed by atoms with Gasteiger partial charge in [-0.05, 0) is 24.1 Å². The third kappa shape index (κ3) is 6.59. The maximum absolute atomic E-state index is 12.5. The van der Waals surface area contributed by atoms with E-state index in [1.165, 1.54) is 6.07 Å². The van der Waals surface area contributed by atoms with Gasteiger partial charge in [0.05, 0.1) is 5.39 Å². The third-order valence-corrected chi connectivity index (χ3v) is 5.72. The maximum Gasteiger partial charge on any atom is 0.323 e. The standard InChI is InChI=1S/C29H29NO6/c1-2-25(29(33)35-18-20-9-5-3-6-10-20)30-17-22(31)19-34-23-13-14-24-26(32)16-27(36-28(24)15-23)21-11-7-4-8-12-21/h3-16,22,25,30-31H,2,17-19H2,1H3. The minimum atomic E-state index is -0.862. The summed E-state index contributed by atoms with van der Waals surface area (Å²) in [4.78, 5) is 24.9. The summed E-state index contributed by atoms with van der Waals surface area (Å²) in [6.07, 6.45) is -0.339. The number of hydrogen-bond donors (Lipinski definition) is 2. The van der Waals surface area contributed by atoms with E-state index in [1.54, 1.807) is 18.2 Å². The van der Waals surface area contributed by atoms with Gasteiger partial charge >= 0.3 is 5.97 Å². The molecule has 7 nitrogen and oxygen atoms in total. The van der Waals surface area contributed by atoms with Gasteiger partial charge in [0.1, 0.15) is 42.5 Å². The summed E-state index contributed by atoms with van der Waals surface area (Å²) in [7, 11) is 0. The van der Waals surface area contributed by atoms with Crippen molar-refractivity contribution >= 4 is 16.9 Å². The van der Waals surface area contributed by atoms with E-state index in [4.69, 9.17) is 13.9 Å². The van der Waals surface area contributed by atoms with Crippen LogP contribution >= 0.6 is 0 Å². The molecule has 0 amide bonds. The number of benzene rings is 3. The lowest BCUT2D eigenvalue weighted by molar-refractivity contribution is -0.147. The molecule has 0 fully saturated rings. The molecule has 2 atom stereocenters. The molecule has 4 rings (SSSR count). The van der Waals surface area contributed by atoms with Crippen molar-refractivity contribution in [1.82, 2.24) is 5.32 Å². The zero-order valence-electron chi connectivity index (χ0n) is 20.1. The molecular weight excluding hydrogens is 458 g/mol. The number of aliphatic hydroxyl groups excluding tert-OH is 1. The number of carbonyl (C=O) groups excluding carboxylic acids is 1. The Labute approximate surface area is 209 Å². The van der Waals surface area contributed by atoms with Crippen LogP contribution in [0.4, 0.5) is 0 Å². The lowest BCUT2D eigenvalue weighted by Gasteiger charge is -2.19. The fourth-order valence-corrected chi connectivity index (χ4v) is 3.72. The van der Waals surface area contributed by atoms with Crippen molar-refractivity contribution in [2.24, 2.45) is 0 Å². The van der Waals surface area contributed by atoms with Gasteiger partial charge in [-0.1, -0.05) is 67.6 Å². The lowest BCUT2D eigenvalue weighted by Crippen LogP contribution is -2.42. The Morgan fingerprint density at radius 2 is 1.72 bits per heavy atom. The first kappa shape index (κ1) is 25.2. The summed E-state index contributed by atoms with van der Waals surface area (Å²) in [5.74, 6) is 0.566. The van der Waals surface area contributed by atoms with Crippen molar-refractivity contribution in [2.45, 2.75) is 32.1 Å². The van der Waals surface area contributed by atoms with E-state index in [0.29, 0.717) is 28.9 Å². The van der Waals surface area contributed by atoms with Crippen LogP contribution < -0.4 is 15.5 Å². The second kappa shape index (κ2) is 12.2. The summed E-state index contributed by atoms with van der Waals surface area (Å²) >= 11 is 0. The Hall–Kier alpha value is -3.94. The molecule has 1 aromatic heterocycles. The maximum atomic E-state index is 12.5. The summed E-state index contributed by atoms with van der Waals surface area (Å²) in [5, 5.41) is 13.9. The first-order valence-corrected chi connectivity index (χ1v) is 11.9. The minimum Gasteiger partial charge on any atom is -0.491 e. The van der Waals surface area contributed by atoms with E-state index in [-0.39, 0.29) is 31.2 Å². The molecule has 0 aliphatic carbocycles. The van der Waals surface area contributed by atoms with Gasteiger partial charge in [0.25, 0.3) is 0 Å². The van der Waals surface area contributed by atoms with Gasteiger partial charge in [-0.15, -0.1) is 0 Å². The Morgan fingerprint density at radius 3 is 2.44 bits per heavy atom. The zero-order valence-corrected chi connectivity index (χ0v) is 20.1. The average Bonchev–Trinajstić information content (AvgIpc) is 2.92. The normalized spacial score (nSPS) is 12.7. The summed E-state index contributed by atoms with van der Waals surface area (Å²) in [6.45, 7) is 2.22. The monoisotopic (exact) mass is 487 g/mol. The van der Waals surface area contributed by atoms with Crippen LogP contribution in [0.1, 0.15) is 18.9 Å². The van der Waals surface area contributed by atoms with Crippen LogP contribution in [0.2, 0.25) is 0 Å². The van der Waals surface area contributed by atoms with Crippen LogP contribution in [-0.4, -0.2) is 36.4 Å². The molecule has 2 N–H and O–H groups in total. The molecule has 0 aliphatic heterocycles. The smallest absolute Gasteiger partial charge is 0.323 e. The summed E-state index contributed by atoms with van der Waals surface area (Å²) in [5.41, 5.74) is 1.97. The number of hydrogen-bond acceptors (Lipinski definition) is 7. The highest BCUT2D eigenvalue weighted by molar-refractivity contribution is 5.80. The van der Waals surface area contributed by atoms with E-state index in [2.05, 4.69) is 5.32 Å². The number of esters is 1. The van der Waals surface area contributed by atoms with Crippen molar-refractivity contribution < 1.29 is 23.8 Å². The fourth-order valence-electron chi connectivity index (χ4n) is 3.72. The second-order valence-corrected chi connectivity index (χ2v) is 8.43. The van der Waals surface area contributed by atoms with Gasteiger partial charge in [0.15, 0.2) is 5.43 Å². The molecule has 2 unspecified atom stereocenters. The van der Waals surface area contributed by atoms with Crippen LogP contribution in [0, 0.1) is 0 Å². The molecule has 7 heteroatoms. The Kier molecular flexibility index (Phi) is 8.49. The Bertz CT molecular complexity index is 1340. The summed E-state index contributed by atoms with van der Waals surface area (Å²) < 4.78 is 17.1. The van der Waals surface area contributed by atoms with Crippen LogP contribution in [0.25, 0.3) is 22.3 Å². The quantitative estimate of drug-likeness (QED) is 0.304. The highest BCUT2D eigenvalue weighted by Crippen LogP contribution is 2.25. The number of carbonyl (C=O) groups is 1. The first-order valence-electron chi connectivity index (χ1n) is 11.9. The second-order valence-electron chi connectivity index (χ2n) is 8.43. The molecule has 0 spiro atoms. The van der Waals surface area contributed by atoms with Gasteiger partial charge in [-0.25, -0.2) is 0 Å². The van der Waals surface area contributed by atoms with Gasteiger partial charge in [-0.2, -0.15) is 0 Å². The lowest BCUT2D eigenvalue weighted by atomic mass is 10.1. The molecule has 0 saturated carbocycles. The topological polar surface area (TPSA) is 98.0 Å². The average molecular weight is 488 g/mol. The van der Waals surface area contributed by atoms with Crippen molar-refractivity contribution in [1.29, 1.82) is 0 Å². The van der Waals surface area contributed by atoms with Crippen LogP contribution in [0.3, 0.4) is 0 Å².